The largest absolute Gasteiger partial charge is 0.482 e. The molecule has 2 aliphatic heterocycles. The number of hydrogen-bond donors (Lipinski definition) is 7. The lowest BCUT2D eigenvalue weighted by atomic mass is 9.97. The summed E-state index contributed by atoms with van der Waals surface area (Å²) in [5.41, 5.74) is 0.670. The number of aryl methyl sites for hydroxylation is 1. The Balaban J connectivity index is 1.61. The molecular weight excluding hydrogens is 496 g/mol. The predicted molar refractivity (Wildman–Crippen MR) is 114 cm³/mol. The molecule has 198 valence electrons. The molecule has 0 radical (unpaired) electrons. The summed E-state index contributed by atoms with van der Waals surface area (Å²) in [7, 11) is 0. The van der Waals surface area contributed by atoms with E-state index in [1.807, 2.05) is 0 Å². The molecule has 0 aromatic heterocycles. The summed E-state index contributed by atoms with van der Waals surface area (Å²) in [6.45, 7) is -0.311. The number of aliphatic hydroxyl groups is 7. The van der Waals surface area contributed by atoms with Crippen LogP contribution in [0.5, 0.6) is 5.75 Å². The highest BCUT2D eigenvalue weighted by molar-refractivity contribution is 6.30. The van der Waals surface area contributed by atoms with Gasteiger partial charge in [-0.3, -0.25) is 0 Å². The lowest BCUT2D eigenvalue weighted by Gasteiger charge is -2.45. The third-order valence-electron chi connectivity index (χ3n) is 5.69. The van der Waals surface area contributed by atoms with Crippen LogP contribution in [0.3, 0.4) is 0 Å². The van der Waals surface area contributed by atoms with Crippen LogP contribution in [-0.2, 0) is 23.7 Å². The van der Waals surface area contributed by atoms with E-state index < -0.39 is 87.2 Å². The van der Waals surface area contributed by atoms with Gasteiger partial charge in [-0.05, 0) is 30.7 Å². The molecule has 2 saturated heterocycles. The maximum absolute atomic E-state index is 12.2. The molecule has 0 saturated carbocycles. The lowest BCUT2D eigenvalue weighted by Crippen LogP contribution is -2.64. The highest BCUT2D eigenvalue weighted by Crippen LogP contribution is 2.29. The fraction of sp³-hybridized carbons (Fsp3) is 0.667. The average Bonchev–Trinajstić information content (AvgIpc) is 2.83. The van der Waals surface area contributed by atoms with E-state index >= 15 is 0 Å². The summed E-state index contributed by atoms with van der Waals surface area (Å²) in [5, 5.41) is 70.4. The van der Waals surface area contributed by atoms with Gasteiger partial charge in [-0.25, -0.2) is 4.79 Å². The number of ether oxygens (including phenoxy) is 5. The summed E-state index contributed by atoms with van der Waals surface area (Å²) in [5.74, 6) is -0.571. The molecule has 3 rings (SSSR count). The maximum atomic E-state index is 12.2. The monoisotopic (exact) mass is 524 g/mol. The van der Waals surface area contributed by atoms with Crippen molar-refractivity contribution in [3.63, 3.8) is 0 Å². The van der Waals surface area contributed by atoms with Gasteiger partial charge in [-0.15, -0.1) is 0 Å². The van der Waals surface area contributed by atoms with E-state index in [0.29, 0.717) is 16.3 Å². The highest BCUT2D eigenvalue weighted by atomic mass is 35.5. The Morgan fingerprint density at radius 3 is 2.17 bits per heavy atom. The van der Waals surface area contributed by atoms with E-state index in [1.165, 1.54) is 0 Å². The molecular formula is C21H29ClO13. The lowest BCUT2D eigenvalue weighted by molar-refractivity contribution is -0.355. The van der Waals surface area contributed by atoms with Gasteiger partial charge in [0.15, 0.2) is 12.9 Å². The Bertz CT molecular complexity index is 853. The van der Waals surface area contributed by atoms with Gasteiger partial charge < -0.3 is 59.4 Å². The van der Waals surface area contributed by atoms with Crippen LogP contribution in [0.1, 0.15) is 5.56 Å². The topological polar surface area (TPSA) is 205 Å². The summed E-state index contributed by atoms with van der Waals surface area (Å²) >= 11 is 5.87. The maximum Gasteiger partial charge on any atom is 0.346 e. The summed E-state index contributed by atoms with van der Waals surface area (Å²) in [6.07, 6.45) is -16.3. The van der Waals surface area contributed by atoms with Crippen molar-refractivity contribution < 1.29 is 64.2 Å². The van der Waals surface area contributed by atoms with E-state index in [0.717, 1.165) is 0 Å². The van der Waals surface area contributed by atoms with Crippen molar-refractivity contribution in [2.45, 2.75) is 68.3 Å². The van der Waals surface area contributed by atoms with E-state index in [2.05, 4.69) is 0 Å². The molecule has 0 aliphatic carbocycles. The van der Waals surface area contributed by atoms with Gasteiger partial charge in [0.05, 0.1) is 13.2 Å². The smallest absolute Gasteiger partial charge is 0.346 e. The van der Waals surface area contributed by atoms with Crippen LogP contribution >= 0.6 is 11.6 Å². The van der Waals surface area contributed by atoms with Crippen LogP contribution < -0.4 is 4.74 Å². The van der Waals surface area contributed by atoms with Crippen molar-refractivity contribution in [2.75, 3.05) is 19.8 Å². The second kappa shape index (κ2) is 12.1. The molecule has 10 atom stereocenters. The molecule has 13 nitrogen and oxygen atoms in total. The molecule has 1 aromatic rings. The summed E-state index contributed by atoms with van der Waals surface area (Å²) < 4.78 is 26.4. The summed E-state index contributed by atoms with van der Waals surface area (Å²) in [4.78, 5) is 12.2. The van der Waals surface area contributed by atoms with Crippen LogP contribution in [0, 0.1) is 6.92 Å². The van der Waals surface area contributed by atoms with Crippen molar-refractivity contribution >= 4 is 17.6 Å². The van der Waals surface area contributed by atoms with Crippen molar-refractivity contribution in [1.29, 1.82) is 0 Å². The number of esters is 1. The minimum absolute atomic E-state index is 0.373. The molecule has 0 unspecified atom stereocenters. The molecule has 2 fully saturated rings. The van der Waals surface area contributed by atoms with Gasteiger partial charge >= 0.3 is 5.97 Å². The van der Waals surface area contributed by atoms with Crippen LogP contribution in [0.4, 0.5) is 0 Å². The first-order chi connectivity index (χ1) is 16.6. The molecule has 35 heavy (non-hydrogen) atoms. The number of benzene rings is 1. The molecule has 14 heteroatoms. The van der Waals surface area contributed by atoms with Crippen molar-refractivity contribution in [2.24, 2.45) is 0 Å². The molecule has 1 aromatic carbocycles. The quantitative estimate of drug-likeness (QED) is 0.172. The number of rotatable bonds is 8. The number of carbonyl (C=O) groups excluding carboxylic acids is 1. The zero-order valence-electron chi connectivity index (χ0n) is 18.6. The summed E-state index contributed by atoms with van der Waals surface area (Å²) in [6, 6.07) is 4.76. The Morgan fingerprint density at radius 2 is 1.54 bits per heavy atom. The second-order valence-electron chi connectivity index (χ2n) is 8.19. The van der Waals surface area contributed by atoms with Crippen LogP contribution in [0.15, 0.2) is 18.2 Å². The van der Waals surface area contributed by atoms with Gasteiger partial charge in [0.25, 0.3) is 0 Å². The molecule has 0 bridgehead atoms. The fourth-order valence-electron chi connectivity index (χ4n) is 3.73. The normalized spacial score (nSPS) is 37.6. The van der Waals surface area contributed by atoms with Crippen LogP contribution in [0.2, 0.25) is 5.02 Å². The van der Waals surface area contributed by atoms with Gasteiger partial charge in [-0.2, -0.15) is 0 Å². The number of halogens is 1. The van der Waals surface area contributed by atoms with Crippen molar-refractivity contribution in [1.82, 2.24) is 0 Å². The zero-order valence-corrected chi connectivity index (χ0v) is 19.3. The first-order valence-electron chi connectivity index (χ1n) is 10.7. The minimum Gasteiger partial charge on any atom is -0.482 e. The standard InChI is InChI=1S/C21H29ClO13/c1-8-4-9(22)2-3-10(8)31-7-13(25)34-20-18(30)16(28)19(12(6-24)33-20)35-21-17(29)15(27)14(26)11(5-23)32-21/h2-4,11-12,14-21,23-24,26-30H,5-7H2,1H3/t11-,12-,14-,15+,16-,17-,18-,19-,20+,21+/m1/s1. The predicted octanol–water partition coefficient (Wildman–Crippen LogP) is -2.81. The third kappa shape index (κ3) is 6.39. The SMILES string of the molecule is Cc1cc(Cl)ccc1OCC(=O)O[C@@H]1O[C@H](CO)[C@@H](O[C@@H]2O[C@H](CO)[C@@H](O)[C@H](O)[C@H]2O)[C@H](O)[C@H]1O. The number of hydrogen-bond acceptors (Lipinski definition) is 13. The van der Waals surface area contributed by atoms with Gasteiger partial charge in [0.2, 0.25) is 6.29 Å². The van der Waals surface area contributed by atoms with Gasteiger partial charge in [-0.1, -0.05) is 11.6 Å². The molecule has 2 heterocycles. The first kappa shape index (κ1) is 28.0. The number of carbonyl (C=O) groups is 1. The zero-order chi connectivity index (χ0) is 25.9. The Hall–Kier alpha value is -1.62. The average molecular weight is 525 g/mol. The molecule has 7 N–H and O–H groups in total. The van der Waals surface area contributed by atoms with E-state index in [9.17, 15) is 40.5 Å². The van der Waals surface area contributed by atoms with Crippen LogP contribution in [0.25, 0.3) is 0 Å². The number of aliphatic hydroxyl groups excluding tert-OH is 7. The molecule has 0 spiro atoms. The Morgan fingerprint density at radius 1 is 0.914 bits per heavy atom. The van der Waals surface area contributed by atoms with E-state index in [1.54, 1.807) is 25.1 Å². The van der Waals surface area contributed by atoms with Gasteiger partial charge in [0, 0.05) is 5.02 Å². The van der Waals surface area contributed by atoms with Crippen LogP contribution in [-0.4, -0.2) is 123 Å². The van der Waals surface area contributed by atoms with Crippen molar-refractivity contribution in [3.05, 3.63) is 28.8 Å². The van der Waals surface area contributed by atoms with Gasteiger partial charge in [0.1, 0.15) is 54.6 Å². The van der Waals surface area contributed by atoms with Crippen molar-refractivity contribution in [3.8, 4) is 5.75 Å². The van der Waals surface area contributed by atoms with E-state index in [-0.39, 0.29) is 0 Å². The second-order valence-corrected chi connectivity index (χ2v) is 8.63. The fourth-order valence-corrected chi connectivity index (χ4v) is 3.95. The molecule has 2 aliphatic rings. The minimum atomic E-state index is -1.84. The Kier molecular flexibility index (Phi) is 9.65. The first-order valence-corrected chi connectivity index (χ1v) is 11.1. The third-order valence-corrected chi connectivity index (χ3v) is 5.93. The Labute approximate surface area is 204 Å². The van der Waals surface area contributed by atoms with E-state index in [4.69, 9.17) is 35.3 Å². The highest BCUT2D eigenvalue weighted by Gasteiger charge is 2.51. The molecule has 0 amide bonds.